The van der Waals surface area contributed by atoms with Gasteiger partial charge < -0.3 is 25.2 Å². The zero-order valence-electron chi connectivity index (χ0n) is 11.7. The van der Waals surface area contributed by atoms with Gasteiger partial charge in [0.2, 0.25) is 0 Å². The van der Waals surface area contributed by atoms with Gasteiger partial charge in [-0.1, -0.05) is 6.42 Å². The number of carboxylic acids is 1. The number of aliphatic carboxylic acids is 1. The minimum atomic E-state index is -0.891. The molecule has 3 atom stereocenters. The molecule has 0 aromatic carbocycles. The Bertz CT molecular complexity index is 389. The van der Waals surface area contributed by atoms with Crippen molar-refractivity contribution in [1.82, 2.24) is 10.2 Å². The van der Waals surface area contributed by atoms with E-state index in [1.807, 2.05) is 0 Å². The summed E-state index contributed by atoms with van der Waals surface area (Å²) in [6, 6.07) is -0.617. The standard InChI is InChI=1S/C13H22N2O5/c1-13(11(17)18)4-2-3-10(13)14-12(19)15-5-6-20-9(7-15)8-16/h9-10,16H,2-8H2,1H3,(H,14,19)(H,17,18). The van der Waals surface area contributed by atoms with Gasteiger partial charge in [-0.2, -0.15) is 0 Å². The molecule has 1 aliphatic heterocycles. The van der Waals surface area contributed by atoms with Crippen molar-refractivity contribution in [3.63, 3.8) is 0 Å². The molecule has 2 fully saturated rings. The maximum absolute atomic E-state index is 12.2. The van der Waals surface area contributed by atoms with Crippen LogP contribution in [0.25, 0.3) is 0 Å². The zero-order valence-corrected chi connectivity index (χ0v) is 11.7. The number of rotatable bonds is 3. The first-order valence-electron chi connectivity index (χ1n) is 6.98. The van der Waals surface area contributed by atoms with Gasteiger partial charge in [0.05, 0.1) is 31.3 Å². The fraction of sp³-hybridized carbons (Fsp3) is 0.846. The largest absolute Gasteiger partial charge is 0.481 e. The van der Waals surface area contributed by atoms with Crippen LogP contribution in [0.5, 0.6) is 0 Å². The summed E-state index contributed by atoms with van der Waals surface area (Å²) in [7, 11) is 0. The van der Waals surface area contributed by atoms with Crippen molar-refractivity contribution in [3.8, 4) is 0 Å². The van der Waals surface area contributed by atoms with Crippen molar-refractivity contribution in [3.05, 3.63) is 0 Å². The average Bonchev–Trinajstić information content (AvgIpc) is 2.81. The number of nitrogens with one attached hydrogen (secondary N) is 1. The van der Waals surface area contributed by atoms with Crippen molar-refractivity contribution >= 4 is 12.0 Å². The number of carbonyl (C=O) groups is 2. The van der Waals surface area contributed by atoms with E-state index in [0.717, 1.165) is 6.42 Å². The van der Waals surface area contributed by atoms with Gasteiger partial charge in [-0.25, -0.2) is 4.79 Å². The molecule has 7 nitrogen and oxygen atoms in total. The fourth-order valence-corrected chi connectivity index (χ4v) is 2.91. The molecule has 2 rings (SSSR count). The highest BCUT2D eigenvalue weighted by molar-refractivity contribution is 5.79. The number of hydrogen-bond acceptors (Lipinski definition) is 4. The molecule has 2 aliphatic rings. The Balaban J connectivity index is 1.95. The molecule has 0 bridgehead atoms. The number of ether oxygens (including phenoxy) is 1. The number of amides is 2. The smallest absolute Gasteiger partial charge is 0.317 e. The number of carboxylic acid groups (broad SMARTS) is 1. The predicted molar refractivity (Wildman–Crippen MR) is 70.3 cm³/mol. The van der Waals surface area contributed by atoms with E-state index in [-0.39, 0.29) is 24.8 Å². The van der Waals surface area contributed by atoms with E-state index in [9.17, 15) is 14.7 Å². The second kappa shape index (κ2) is 5.97. The molecule has 0 aromatic rings. The lowest BCUT2D eigenvalue weighted by atomic mass is 9.85. The fourth-order valence-electron chi connectivity index (χ4n) is 2.91. The predicted octanol–water partition coefficient (Wildman–Crippen LogP) is 0.0325. The molecule has 1 saturated heterocycles. The Morgan fingerprint density at radius 3 is 2.90 bits per heavy atom. The van der Waals surface area contributed by atoms with Crippen molar-refractivity contribution in [2.75, 3.05) is 26.3 Å². The maximum Gasteiger partial charge on any atom is 0.317 e. The van der Waals surface area contributed by atoms with Gasteiger partial charge >= 0.3 is 12.0 Å². The Kier molecular flexibility index (Phi) is 4.49. The molecule has 7 heteroatoms. The second-order valence-electron chi connectivity index (χ2n) is 5.74. The van der Waals surface area contributed by atoms with Crippen LogP contribution in [0.2, 0.25) is 0 Å². The van der Waals surface area contributed by atoms with Crippen LogP contribution in [0.4, 0.5) is 4.79 Å². The van der Waals surface area contributed by atoms with Crippen molar-refractivity contribution < 1.29 is 24.5 Å². The Hall–Kier alpha value is -1.34. The van der Waals surface area contributed by atoms with Gasteiger partial charge in [-0.3, -0.25) is 4.79 Å². The van der Waals surface area contributed by atoms with Crippen LogP contribution in [0.3, 0.4) is 0 Å². The average molecular weight is 286 g/mol. The lowest BCUT2D eigenvalue weighted by Gasteiger charge is -2.35. The van der Waals surface area contributed by atoms with E-state index in [2.05, 4.69) is 5.32 Å². The minimum absolute atomic E-state index is 0.125. The monoisotopic (exact) mass is 286 g/mol. The number of hydrogen-bond donors (Lipinski definition) is 3. The topological polar surface area (TPSA) is 99.1 Å². The Morgan fingerprint density at radius 2 is 2.25 bits per heavy atom. The van der Waals surface area contributed by atoms with Crippen LogP contribution in [0, 0.1) is 5.41 Å². The molecular formula is C13H22N2O5. The molecule has 0 spiro atoms. The number of aliphatic hydroxyl groups is 1. The van der Waals surface area contributed by atoms with Crippen LogP contribution < -0.4 is 5.32 Å². The maximum atomic E-state index is 12.2. The highest BCUT2D eigenvalue weighted by atomic mass is 16.5. The van der Waals surface area contributed by atoms with E-state index in [1.54, 1.807) is 11.8 Å². The van der Waals surface area contributed by atoms with E-state index in [0.29, 0.717) is 32.5 Å². The SMILES string of the molecule is CC1(C(=O)O)CCCC1NC(=O)N1CCOC(CO)C1. The van der Waals surface area contributed by atoms with E-state index in [1.165, 1.54) is 0 Å². The number of nitrogens with zero attached hydrogens (tertiary/aromatic N) is 1. The van der Waals surface area contributed by atoms with Crippen LogP contribution in [-0.4, -0.2) is 65.6 Å². The van der Waals surface area contributed by atoms with Crippen molar-refractivity contribution in [2.45, 2.75) is 38.3 Å². The summed E-state index contributed by atoms with van der Waals surface area (Å²) < 4.78 is 5.29. The second-order valence-corrected chi connectivity index (χ2v) is 5.74. The summed E-state index contributed by atoms with van der Waals surface area (Å²) in [5, 5.41) is 21.2. The number of morpholine rings is 1. The summed E-state index contributed by atoms with van der Waals surface area (Å²) in [6.07, 6.45) is 1.71. The van der Waals surface area contributed by atoms with Gasteiger partial charge in [-0.15, -0.1) is 0 Å². The molecule has 0 radical (unpaired) electrons. The van der Waals surface area contributed by atoms with Gasteiger partial charge in [0, 0.05) is 12.6 Å². The molecule has 3 N–H and O–H groups in total. The molecule has 0 aromatic heterocycles. The number of carbonyl (C=O) groups excluding carboxylic acids is 1. The molecule has 20 heavy (non-hydrogen) atoms. The summed E-state index contributed by atoms with van der Waals surface area (Å²) in [5.74, 6) is -0.865. The van der Waals surface area contributed by atoms with E-state index < -0.39 is 11.4 Å². The molecule has 3 unspecified atom stereocenters. The molecule has 1 saturated carbocycles. The van der Waals surface area contributed by atoms with Gasteiger partial charge in [-0.05, 0) is 19.8 Å². The lowest BCUT2D eigenvalue weighted by Crippen LogP contribution is -2.55. The van der Waals surface area contributed by atoms with Crippen LogP contribution in [0.1, 0.15) is 26.2 Å². The summed E-state index contributed by atoms with van der Waals surface area (Å²) in [5.41, 5.74) is -0.891. The Morgan fingerprint density at radius 1 is 1.50 bits per heavy atom. The normalized spacial score (nSPS) is 34.0. The first-order valence-corrected chi connectivity index (χ1v) is 6.98. The van der Waals surface area contributed by atoms with Crippen molar-refractivity contribution in [1.29, 1.82) is 0 Å². The van der Waals surface area contributed by atoms with E-state index >= 15 is 0 Å². The summed E-state index contributed by atoms with van der Waals surface area (Å²) >= 11 is 0. The third-order valence-electron chi connectivity index (χ3n) is 4.37. The van der Waals surface area contributed by atoms with Gasteiger partial charge in [0.1, 0.15) is 0 Å². The molecular weight excluding hydrogens is 264 g/mol. The quantitative estimate of drug-likeness (QED) is 0.680. The van der Waals surface area contributed by atoms with Crippen LogP contribution in [0.15, 0.2) is 0 Å². The third-order valence-corrected chi connectivity index (χ3v) is 4.37. The lowest BCUT2D eigenvalue weighted by molar-refractivity contribution is -0.148. The third kappa shape index (κ3) is 2.88. The summed E-state index contributed by atoms with van der Waals surface area (Å²) in [4.78, 5) is 25.2. The Labute approximate surface area is 117 Å². The summed E-state index contributed by atoms with van der Waals surface area (Å²) in [6.45, 7) is 2.74. The first-order chi connectivity index (χ1) is 9.47. The highest BCUT2D eigenvalue weighted by Gasteiger charge is 2.46. The van der Waals surface area contributed by atoms with Crippen molar-refractivity contribution in [2.24, 2.45) is 5.41 Å². The zero-order chi connectivity index (χ0) is 14.8. The van der Waals surface area contributed by atoms with Crippen LogP contribution in [-0.2, 0) is 9.53 Å². The minimum Gasteiger partial charge on any atom is -0.481 e. The van der Waals surface area contributed by atoms with Crippen LogP contribution >= 0.6 is 0 Å². The van der Waals surface area contributed by atoms with Gasteiger partial charge in [0.15, 0.2) is 0 Å². The molecule has 1 aliphatic carbocycles. The molecule has 114 valence electrons. The number of aliphatic hydroxyl groups excluding tert-OH is 1. The number of urea groups is 1. The molecule has 1 heterocycles. The van der Waals surface area contributed by atoms with Gasteiger partial charge in [0.25, 0.3) is 0 Å². The van der Waals surface area contributed by atoms with E-state index in [4.69, 9.17) is 9.84 Å². The first kappa shape index (κ1) is 15.1. The highest BCUT2D eigenvalue weighted by Crippen LogP contribution is 2.38. The molecule has 2 amide bonds.